The van der Waals surface area contributed by atoms with Crippen molar-refractivity contribution >= 4 is 16.6 Å². The van der Waals surface area contributed by atoms with Gasteiger partial charge in [-0.15, -0.1) is 0 Å². The number of anilines is 1. The highest BCUT2D eigenvalue weighted by molar-refractivity contribution is 5.89. The van der Waals surface area contributed by atoms with Gasteiger partial charge in [-0.3, -0.25) is 0 Å². The lowest BCUT2D eigenvalue weighted by atomic mass is 10.1. The van der Waals surface area contributed by atoms with E-state index in [1.807, 2.05) is 19.2 Å². The molecule has 0 bridgehead atoms. The lowest BCUT2D eigenvalue weighted by Crippen LogP contribution is -1.91. The molecule has 12 heavy (non-hydrogen) atoms. The predicted molar refractivity (Wildman–Crippen MR) is 52.2 cm³/mol. The number of nitrogens with one attached hydrogen (secondary N) is 1. The van der Waals surface area contributed by atoms with Crippen molar-refractivity contribution < 1.29 is 0 Å². The summed E-state index contributed by atoms with van der Waals surface area (Å²) in [5, 5.41) is 1.23. The number of nitrogen functional groups attached to an aromatic ring is 1. The summed E-state index contributed by atoms with van der Waals surface area (Å²) in [4.78, 5) is 3.20. The van der Waals surface area contributed by atoms with E-state index in [0.717, 1.165) is 11.3 Å². The zero-order chi connectivity index (χ0) is 8.72. The maximum Gasteiger partial charge on any atom is 0.0487 e. The molecule has 0 amide bonds. The molecule has 1 aromatic carbocycles. The third-order valence-electron chi connectivity index (χ3n) is 2.35. The molecule has 2 aromatic rings. The Morgan fingerprint density at radius 3 is 2.83 bits per heavy atom. The van der Waals surface area contributed by atoms with E-state index in [-0.39, 0.29) is 0 Å². The SMILES string of the molecule is Cc1c(N)cc(C)c2[nH]ccc12. The molecule has 62 valence electrons. The molecule has 2 rings (SSSR count). The molecule has 2 nitrogen and oxygen atoms in total. The van der Waals surface area contributed by atoms with Crippen LogP contribution in [0.2, 0.25) is 0 Å². The topological polar surface area (TPSA) is 41.8 Å². The van der Waals surface area contributed by atoms with Gasteiger partial charge in [0.2, 0.25) is 0 Å². The lowest BCUT2D eigenvalue weighted by molar-refractivity contribution is 1.40. The van der Waals surface area contributed by atoms with Gasteiger partial charge in [-0.05, 0) is 37.1 Å². The normalized spacial score (nSPS) is 10.8. The summed E-state index contributed by atoms with van der Waals surface area (Å²) in [5.41, 5.74) is 10.3. The third-order valence-corrected chi connectivity index (χ3v) is 2.35. The van der Waals surface area contributed by atoms with Crippen LogP contribution in [0.3, 0.4) is 0 Å². The van der Waals surface area contributed by atoms with Crippen molar-refractivity contribution in [2.75, 3.05) is 5.73 Å². The van der Waals surface area contributed by atoms with Crippen LogP contribution in [0.5, 0.6) is 0 Å². The van der Waals surface area contributed by atoms with Gasteiger partial charge in [0.15, 0.2) is 0 Å². The highest BCUT2D eigenvalue weighted by Crippen LogP contribution is 2.25. The van der Waals surface area contributed by atoms with Crippen molar-refractivity contribution in [3.05, 3.63) is 29.5 Å². The first-order valence-corrected chi connectivity index (χ1v) is 4.03. The van der Waals surface area contributed by atoms with Crippen LogP contribution < -0.4 is 5.73 Å². The molecule has 0 spiro atoms. The maximum absolute atomic E-state index is 5.83. The second kappa shape index (κ2) is 2.27. The molecular formula is C10H12N2. The molecule has 1 heterocycles. The second-order valence-electron chi connectivity index (χ2n) is 3.17. The minimum atomic E-state index is 0.875. The number of aromatic amines is 1. The van der Waals surface area contributed by atoms with Gasteiger partial charge in [0.1, 0.15) is 0 Å². The van der Waals surface area contributed by atoms with Crippen molar-refractivity contribution in [3.63, 3.8) is 0 Å². The van der Waals surface area contributed by atoms with Gasteiger partial charge in [0.25, 0.3) is 0 Å². The van der Waals surface area contributed by atoms with E-state index in [9.17, 15) is 0 Å². The van der Waals surface area contributed by atoms with E-state index in [1.54, 1.807) is 0 Å². The zero-order valence-electron chi connectivity index (χ0n) is 7.31. The Morgan fingerprint density at radius 2 is 2.08 bits per heavy atom. The minimum absolute atomic E-state index is 0.875. The highest BCUT2D eigenvalue weighted by atomic mass is 14.7. The van der Waals surface area contributed by atoms with Crippen LogP contribution in [-0.4, -0.2) is 4.98 Å². The Balaban J connectivity index is 2.97. The van der Waals surface area contributed by atoms with Crippen LogP contribution in [-0.2, 0) is 0 Å². The van der Waals surface area contributed by atoms with Crippen LogP contribution in [0.1, 0.15) is 11.1 Å². The molecule has 2 heteroatoms. The lowest BCUT2D eigenvalue weighted by Gasteiger charge is -2.04. The van der Waals surface area contributed by atoms with Crippen molar-refractivity contribution in [2.24, 2.45) is 0 Å². The Kier molecular flexibility index (Phi) is 1.37. The molecule has 0 fully saturated rings. The molecule has 0 unspecified atom stereocenters. The van der Waals surface area contributed by atoms with Gasteiger partial charge in [-0.1, -0.05) is 0 Å². The monoisotopic (exact) mass is 160 g/mol. The van der Waals surface area contributed by atoms with Crippen molar-refractivity contribution in [2.45, 2.75) is 13.8 Å². The molecule has 0 atom stereocenters. The fraction of sp³-hybridized carbons (Fsp3) is 0.200. The van der Waals surface area contributed by atoms with Crippen LogP contribution in [0, 0.1) is 13.8 Å². The average molecular weight is 160 g/mol. The van der Waals surface area contributed by atoms with E-state index in [2.05, 4.69) is 18.0 Å². The third kappa shape index (κ3) is 0.811. The van der Waals surface area contributed by atoms with E-state index >= 15 is 0 Å². The van der Waals surface area contributed by atoms with E-state index < -0.39 is 0 Å². The second-order valence-corrected chi connectivity index (χ2v) is 3.17. The van der Waals surface area contributed by atoms with Gasteiger partial charge in [-0.2, -0.15) is 0 Å². The van der Waals surface area contributed by atoms with Gasteiger partial charge < -0.3 is 10.7 Å². The number of aryl methyl sites for hydroxylation is 2. The van der Waals surface area contributed by atoms with Crippen LogP contribution in [0.15, 0.2) is 18.3 Å². The molecule has 1 aromatic heterocycles. The Bertz CT molecular complexity index is 427. The number of hydrogen-bond donors (Lipinski definition) is 2. The summed E-state index contributed by atoms with van der Waals surface area (Å²) in [6.07, 6.45) is 1.95. The molecule has 0 aliphatic carbocycles. The highest BCUT2D eigenvalue weighted by Gasteiger charge is 2.03. The van der Waals surface area contributed by atoms with Crippen LogP contribution in [0.25, 0.3) is 10.9 Å². The number of aromatic nitrogens is 1. The number of hydrogen-bond acceptors (Lipinski definition) is 1. The average Bonchev–Trinajstić information content (AvgIpc) is 2.48. The van der Waals surface area contributed by atoms with Crippen LogP contribution >= 0.6 is 0 Å². The quantitative estimate of drug-likeness (QED) is 0.571. The number of nitrogens with two attached hydrogens (primary N) is 1. The Hall–Kier alpha value is -1.44. The number of rotatable bonds is 0. The number of fused-ring (bicyclic) bond motifs is 1. The summed E-state index contributed by atoms with van der Waals surface area (Å²) in [5.74, 6) is 0. The predicted octanol–water partition coefficient (Wildman–Crippen LogP) is 2.37. The fourth-order valence-electron chi connectivity index (χ4n) is 1.58. The van der Waals surface area contributed by atoms with Gasteiger partial charge >= 0.3 is 0 Å². The van der Waals surface area contributed by atoms with Crippen LogP contribution in [0.4, 0.5) is 5.69 Å². The summed E-state index contributed by atoms with van der Waals surface area (Å²) in [7, 11) is 0. The summed E-state index contributed by atoms with van der Waals surface area (Å²) in [6, 6.07) is 4.07. The zero-order valence-corrected chi connectivity index (χ0v) is 7.31. The number of H-pyrrole nitrogens is 1. The largest absolute Gasteiger partial charge is 0.398 e. The molecular weight excluding hydrogens is 148 g/mol. The van der Waals surface area contributed by atoms with Crippen molar-refractivity contribution in [1.29, 1.82) is 0 Å². The first-order valence-electron chi connectivity index (χ1n) is 4.03. The number of benzene rings is 1. The van der Waals surface area contributed by atoms with Crippen molar-refractivity contribution in [3.8, 4) is 0 Å². The van der Waals surface area contributed by atoms with Gasteiger partial charge in [-0.25, -0.2) is 0 Å². The smallest absolute Gasteiger partial charge is 0.0487 e. The first-order chi connectivity index (χ1) is 5.70. The summed E-state index contributed by atoms with van der Waals surface area (Å²) < 4.78 is 0. The Labute approximate surface area is 71.4 Å². The minimum Gasteiger partial charge on any atom is -0.398 e. The summed E-state index contributed by atoms with van der Waals surface area (Å²) >= 11 is 0. The molecule has 0 aliphatic rings. The maximum atomic E-state index is 5.83. The molecule has 3 N–H and O–H groups in total. The van der Waals surface area contributed by atoms with Gasteiger partial charge in [0, 0.05) is 22.8 Å². The molecule has 0 saturated heterocycles. The van der Waals surface area contributed by atoms with E-state index in [4.69, 9.17) is 5.73 Å². The van der Waals surface area contributed by atoms with Crippen molar-refractivity contribution in [1.82, 2.24) is 4.98 Å². The van der Waals surface area contributed by atoms with E-state index in [0.29, 0.717) is 0 Å². The first kappa shape index (κ1) is 7.22. The standard InChI is InChI=1S/C10H12N2/c1-6-5-9(11)7(2)8-3-4-12-10(6)8/h3-5,12H,11H2,1-2H3. The summed E-state index contributed by atoms with van der Waals surface area (Å²) in [6.45, 7) is 4.11. The molecule has 0 radical (unpaired) electrons. The molecule has 0 saturated carbocycles. The van der Waals surface area contributed by atoms with Gasteiger partial charge in [0.05, 0.1) is 0 Å². The fourth-order valence-corrected chi connectivity index (χ4v) is 1.58. The Morgan fingerprint density at radius 1 is 1.33 bits per heavy atom. The molecule has 0 aliphatic heterocycles. The van der Waals surface area contributed by atoms with E-state index in [1.165, 1.54) is 16.5 Å².